The Bertz CT molecular complexity index is 566. The number of guanidine groups is 1. The molecule has 1 aromatic heterocycles. The third-order valence-electron chi connectivity index (χ3n) is 3.58. The van der Waals surface area contributed by atoms with Gasteiger partial charge in [0, 0.05) is 48.8 Å². The van der Waals surface area contributed by atoms with Gasteiger partial charge < -0.3 is 15.6 Å². The second-order valence-corrected chi connectivity index (χ2v) is 6.20. The van der Waals surface area contributed by atoms with Gasteiger partial charge in [0.25, 0.3) is 0 Å². The molecule has 0 amide bonds. The Balaban J connectivity index is 1.58. The topological polar surface area (TPSA) is 57.4 Å². The van der Waals surface area contributed by atoms with Crippen molar-refractivity contribution in [2.24, 2.45) is 10.7 Å². The zero-order chi connectivity index (χ0) is 13.8. The molecule has 1 saturated heterocycles. The molecule has 20 heavy (non-hydrogen) atoms. The molecule has 0 radical (unpaired) electrons. The number of aliphatic imine (C=N–C) groups is 1. The van der Waals surface area contributed by atoms with Crippen LogP contribution in [0.3, 0.4) is 0 Å². The van der Waals surface area contributed by atoms with E-state index in [1.165, 1.54) is 16.6 Å². The fourth-order valence-electron chi connectivity index (χ4n) is 2.45. The summed E-state index contributed by atoms with van der Waals surface area (Å²) in [6.45, 7) is 2.78. The number of fused-ring (bicyclic) bond motifs is 1. The number of hydrogen-bond donors (Lipinski definition) is 2. The molecule has 1 aromatic carbocycles. The Morgan fingerprint density at radius 3 is 2.90 bits per heavy atom. The molecule has 2 aromatic rings. The first-order chi connectivity index (χ1) is 9.83. The number of H-pyrrole nitrogens is 1. The van der Waals surface area contributed by atoms with Crippen molar-refractivity contribution in [3.8, 4) is 0 Å². The van der Waals surface area contributed by atoms with E-state index in [4.69, 9.17) is 5.73 Å². The highest BCUT2D eigenvalue weighted by molar-refractivity contribution is 7.99. The van der Waals surface area contributed by atoms with Gasteiger partial charge in [-0.1, -0.05) is 18.2 Å². The summed E-state index contributed by atoms with van der Waals surface area (Å²) in [5.41, 5.74) is 8.45. The fraction of sp³-hybridized carbons (Fsp3) is 0.400. The van der Waals surface area contributed by atoms with E-state index in [2.05, 4.69) is 39.1 Å². The summed E-state index contributed by atoms with van der Waals surface area (Å²) in [5.74, 6) is 3.00. The van der Waals surface area contributed by atoms with E-state index in [-0.39, 0.29) is 0 Å². The van der Waals surface area contributed by atoms with Crippen LogP contribution in [0, 0.1) is 0 Å². The molecule has 0 saturated carbocycles. The number of para-hydroxylation sites is 1. The van der Waals surface area contributed by atoms with Gasteiger partial charge in [-0.3, -0.25) is 4.99 Å². The smallest absolute Gasteiger partial charge is 0.191 e. The third-order valence-corrected chi connectivity index (χ3v) is 4.52. The summed E-state index contributed by atoms with van der Waals surface area (Å²) in [7, 11) is 0. The number of nitrogens with two attached hydrogens (primary N) is 1. The summed E-state index contributed by atoms with van der Waals surface area (Å²) in [4.78, 5) is 10.1. The lowest BCUT2D eigenvalue weighted by molar-refractivity contribution is 0.456. The average Bonchev–Trinajstić information content (AvgIpc) is 2.90. The predicted molar refractivity (Wildman–Crippen MR) is 87.4 cm³/mol. The number of aromatic amines is 1. The van der Waals surface area contributed by atoms with Crippen molar-refractivity contribution in [3.05, 3.63) is 36.0 Å². The van der Waals surface area contributed by atoms with Gasteiger partial charge in [-0.15, -0.1) is 0 Å². The first-order valence-corrected chi connectivity index (χ1v) is 8.17. The maximum atomic E-state index is 6.04. The van der Waals surface area contributed by atoms with Gasteiger partial charge in [-0.2, -0.15) is 11.8 Å². The van der Waals surface area contributed by atoms with Gasteiger partial charge in [0.15, 0.2) is 5.96 Å². The number of nitrogens with one attached hydrogen (secondary N) is 1. The Morgan fingerprint density at radius 1 is 1.30 bits per heavy atom. The van der Waals surface area contributed by atoms with E-state index < -0.39 is 0 Å². The lowest BCUT2D eigenvalue weighted by Gasteiger charge is -2.27. The minimum Gasteiger partial charge on any atom is -0.370 e. The third kappa shape index (κ3) is 3.10. The molecule has 5 heteroatoms. The predicted octanol–water partition coefficient (Wildman–Crippen LogP) is 2.07. The lowest BCUT2D eigenvalue weighted by Crippen LogP contribution is -2.42. The number of rotatable bonds is 3. The minimum absolute atomic E-state index is 0.696. The maximum absolute atomic E-state index is 6.04. The van der Waals surface area contributed by atoms with Crippen LogP contribution in [0.5, 0.6) is 0 Å². The van der Waals surface area contributed by atoms with Crippen LogP contribution in [-0.4, -0.2) is 47.0 Å². The van der Waals surface area contributed by atoms with Crippen molar-refractivity contribution in [1.82, 2.24) is 9.88 Å². The highest BCUT2D eigenvalue weighted by atomic mass is 32.2. The first-order valence-electron chi connectivity index (χ1n) is 7.02. The molecule has 1 aliphatic heterocycles. The van der Waals surface area contributed by atoms with Crippen molar-refractivity contribution in [2.45, 2.75) is 6.42 Å². The molecule has 3 rings (SSSR count). The van der Waals surface area contributed by atoms with Crippen LogP contribution in [0.2, 0.25) is 0 Å². The van der Waals surface area contributed by atoms with E-state index in [1.54, 1.807) is 0 Å². The van der Waals surface area contributed by atoms with Gasteiger partial charge in [-0.25, -0.2) is 0 Å². The molecule has 0 unspecified atom stereocenters. The van der Waals surface area contributed by atoms with Crippen LogP contribution in [0.4, 0.5) is 0 Å². The standard InChI is InChI=1S/C15H20N4S/c16-15(19-7-9-20-10-8-19)17-6-5-13-11-12-3-1-2-4-14(12)18-13/h1-4,11,18H,5-10H2,(H2,16,17). The zero-order valence-electron chi connectivity index (χ0n) is 11.5. The van der Waals surface area contributed by atoms with Crippen LogP contribution in [-0.2, 0) is 6.42 Å². The summed E-state index contributed by atoms with van der Waals surface area (Å²) in [6.07, 6.45) is 0.901. The van der Waals surface area contributed by atoms with E-state index in [1.807, 2.05) is 17.8 Å². The first kappa shape index (κ1) is 13.4. The molecule has 1 fully saturated rings. The lowest BCUT2D eigenvalue weighted by atomic mass is 10.2. The Morgan fingerprint density at radius 2 is 2.10 bits per heavy atom. The van der Waals surface area contributed by atoms with E-state index >= 15 is 0 Å². The fourth-order valence-corrected chi connectivity index (χ4v) is 3.35. The molecule has 106 valence electrons. The minimum atomic E-state index is 0.696. The monoisotopic (exact) mass is 288 g/mol. The largest absolute Gasteiger partial charge is 0.370 e. The summed E-state index contributed by atoms with van der Waals surface area (Å²) < 4.78 is 0. The van der Waals surface area contributed by atoms with Crippen molar-refractivity contribution in [1.29, 1.82) is 0 Å². The second kappa shape index (κ2) is 6.22. The molecule has 4 nitrogen and oxygen atoms in total. The van der Waals surface area contributed by atoms with Gasteiger partial charge in [0.05, 0.1) is 0 Å². The molecule has 0 bridgehead atoms. The van der Waals surface area contributed by atoms with Crippen molar-refractivity contribution in [2.75, 3.05) is 31.1 Å². The molecular weight excluding hydrogens is 268 g/mol. The van der Waals surface area contributed by atoms with Crippen LogP contribution >= 0.6 is 11.8 Å². The normalized spacial score (nSPS) is 16.8. The highest BCUT2D eigenvalue weighted by Crippen LogP contribution is 2.15. The molecule has 2 heterocycles. The zero-order valence-corrected chi connectivity index (χ0v) is 12.3. The second-order valence-electron chi connectivity index (χ2n) is 4.97. The van der Waals surface area contributed by atoms with Gasteiger partial charge in [-0.05, 0) is 17.5 Å². The Kier molecular flexibility index (Phi) is 4.16. The summed E-state index contributed by atoms with van der Waals surface area (Å²) >= 11 is 1.98. The number of aromatic nitrogens is 1. The number of benzene rings is 1. The molecule has 0 spiro atoms. The summed E-state index contributed by atoms with van der Waals surface area (Å²) in [5, 5.41) is 1.26. The molecule has 0 atom stereocenters. The van der Waals surface area contributed by atoms with E-state index in [9.17, 15) is 0 Å². The van der Waals surface area contributed by atoms with Crippen molar-refractivity contribution < 1.29 is 0 Å². The van der Waals surface area contributed by atoms with Crippen LogP contribution < -0.4 is 5.73 Å². The van der Waals surface area contributed by atoms with E-state index in [0.717, 1.165) is 37.6 Å². The molecular formula is C15H20N4S. The molecule has 3 N–H and O–H groups in total. The molecule has 1 aliphatic rings. The van der Waals surface area contributed by atoms with E-state index in [0.29, 0.717) is 5.96 Å². The van der Waals surface area contributed by atoms with Crippen LogP contribution in [0.1, 0.15) is 5.69 Å². The van der Waals surface area contributed by atoms with Crippen LogP contribution in [0.15, 0.2) is 35.3 Å². The maximum Gasteiger partial charge on any atom is 0.191 e. The van der Waals surface area contributed by atoms with Crippen molar-refractivity contribution >= 4 is 28.6 Å². The number of hydrogen-bond acceptors (Lipinski definition) is 2. The van der Waals surface area contributed by atoms with Crippen molar-refractivity contribution in [3.63, 3.8) is 0 Å². The van der Waals surface area contributed by atoms with Crippen LogP contribution in [0.25, 0.3) is 10.9 Å². The summed E-state index contributed by atoms with van der Waals surface area (Å²) in [6, 6.07) is 10.5. The Labute approximate surface area is 123 Å². The van der Waals surface area contributed by atoms with Gasteiger partial charge in [0.1, 0.15) is 0 Å². The SMILES string of the molecule is NC(=NCCc1cc2ccccc2[nH]1)N1CCSCC1. The number of thioether (sulfide) groups is 1. The molecule has 0 aliphatic carbocycles. The quantitative estimate of drug-likeness (QED) is 0.671. The van der Waals surface area contributed by atoms with Gasteiger partial charge >= 0.3 is 0 Å². The Hall–Kier alpha value is -1.62. The number of nitrogens with zero attached hydrogens (tertiary/aromatic N) is 2. The average molecular weight is 288 g/mol. The van der Waals surface area contributed by atoms with Gasteiger partial charge in [0.2, 0.25) is 0 Å². The highest BCUT2D eigenvalue weighted by Gasteiger charge is 2.11.